The van der Waals surface area contributed by atoms with Crippen LogP contribution in [-0.2, 0) is 6.42 Å². The van der Waals surface area contributed by atoms with Gasteiger partial charge >= 0.3 is 0 Å². The summed E-state index contributed by atoms with van der Waals surface area (Å²) in [5.74, 6) is 0.142. The number of rotatable bonds is 4. The lowest BCUT2D eigenvalue weighted by Crippen LogP contribution is -2.34. The van der Waals surface area contributed by atoms with E-state index in [9.17, 15) is 9.18 Å². The number of hydrogen-bond donors (Lipinski definition) is 1. The Morgan fingerprint density at radius 2 is 2.31 bits per heavy atom. The predicted octanol–water partition coefficient (Wildman–Crippen LogP) is 2.92. The van der Waals surface area contributed by atoms with E-state index in [1.807, 2.05) is 6.07 Å². The van der Waals surface area contributed by atoms with Crippen molar-refractivity contribution in [3.63, 3.8) is 0 Å². The van der Waals surface area contributed by atoms with Crippen molar-refractivity contribution in [2.75, 3.05) is 6.54 Å². The Kier molecular flexibility index (Phi) is 4.12. The van der Waals surface area contributed by atoms with Crippen LogP contribution in [0.15, 0.2) is 47.5 Å². The van der Waals surface area contributed by atoms with Crippen LogP contribution in [0.25, 0.3) is 11.1 Å². The summed E-state index contributed by atoms with van der Waals surface area (Å²) in [5.41, 5.74) is 2.75. The van der Waals surface area contributed by atoms with Crippen molar-refractivity contribution in [3.05, 3.63) is 65.9 Å². The van der Waals surface area contributed by atoms with Gasteiger partial charge in [0.1, 0.15) is 17.7 Å². The molecule has 0 saturated heterocycles. The van der Waals surface area contributed by atoms with Crippen molar-refractivity contribution in [2.24, 2.45) is 0 Å². The van der Waals surface area contributed by atoms with Gasteiger partial charge in [-0.05, 0) is 25.1 Å². The largest absolute Gasteiger partial charge is 0.487 e. The number of halogens is 1. The van der Waals surface area contributed by atoms with Gasteiger partial charge in [0.2, 0.25) is 5.76 Å². The maximum Gasteiger partial charge on any atom is 0.289 e. The smallest absolute Gasteiger partial charge is 0.289 e. The highest BCUT2D eigenvalue weighted by molar-refractivity contribution is 5.92. The van der Waals surface area contributed by atoms with E-state index in [0.29, 0.717) is 23.4 Å². The van der Waals surface area contributed by atoms with E-state index in [0.717, 1.165) is 11.1 Å². The number of hydrogen-bond acceptors (Lipinski definition) is 5. The van der Waals surface area contributed by atoms with Gasteiger partial charge in [0, 0.05) is 35.5 Å². The average molecular weight is 353 g/mol. The molecule has 2 aromatic heterocycles. The highest BCUT2D eigenvalue weighted by Gasteiger charge is 2.28. The van der Waals surface area contributed by atoms with Gasteiger partial charge in [0.25, 0.3) is 5.91 Å². The number of pyridine rings is 1. The van der Waals surface area contributed by atoms with Gasteiger partial charge in [-0.2, -0.15) is 0 Å². The first-order chi connectivity index (χ1) is 12.6. The summed E-state index contributed by atoms with van der Waals surface area (Å²) in [6.07, 6.45) is 4.79. The van der Waals surface area contributed by atoms with Crippen LogP contribution in [0.5, 0.6) is 5.75 Å². The van der Waals surface area contributed by atoms with Crippen molar-refractivity contribution >= 4 is 5.91 Å². The van der Waals surface area contributed by atoms with Crippen molar-refractivity contribution in [1.82, 2.24) is 15.3 Å². The maximum atomic E-state index is 14.0. The summed E-state index contributed by atoms with van der Waals surface area (Å²) >= 11 is 0. The van der Waals surface area contributed by atoms with E-state index in [4.69, 9.17) is 9.15 Å². The van der Waals surface area contributed by atoms with Gasteiger partial charge in [-0.15, -0.1) is 0 Å². The van der Waals surface area contributed by atoms with E-state index < -0.39 is 0 Å². The Bertz CT molecular complexity index is 956. The van der Waals surface area contributed by atoms with E-state index in [2.05, 4.69) is 15.3 Å². The topological polar surface area (TPSA) is 77.3 Å². The molecular formula is C19H16FN3O3. The summed E-state index contributed by atoms with van der Waals surface area (Å²) in [6.45, 7) is 1.98. The molecule has 4 rings (SSSR count). The third kappa shape index (κ3) is 3.03. The van der Waals surface area contributed by atoms with Crippen molar-refractivity contribution in [3.8, 4) is 16.9 Å². The SMILES string of the molecule is Cc1ncoc1C(=O)NC[C@@H]1Cc2cc(F)cc(-c3cccnc3)c2O1. The van der Waals surface area contributed by atoms with Crippen LogP contribution in [0.4, 0.5) is 4.39 Å². The lowest BCUT2D eigenvalue weighted by atomic mass is 10.0. The molecule has 0 fully saturated rings. The number of ether oxygens (including phenoxy) is 1. The normalized spacial score (nSPS) is 15.4. The monoisotopic (exact) mass is 353 g/mol. The van der Waals surface area contributed by atoms with Crippen LogP contribution in [0.1, 0.15) is 21.8 Å². The number of carbonyl (C=O) groups is 1. The number of benzene rings is 1. The molecule has 0 bridgehead atoms. The number of nitrogens with zero attached hydrogens (tertiary/aromatic N) is 2. The molecular weight excluding hydrogens is 337 g/mol. The fraction of sp³-hybridized carbons (Fsp3) is 0.211. The Morgan fingerprint density at radius 1 is 1.42 bits per heavy atom. The second-order valence-electron chi connectivity index (χ2n) is 6.10. The minimum atomic E-state index is -0.349. The summed E-state index contributed by atoms with van der Waals surface area (Å²) < 4.78 is 25.1. The molecule has 6 nitrogen and oxygen atoms in total. The van der Waals surface area contributed by atoms with Gasteiger partial charge in [-0.3, -0.25) is 9.78 Å². The van der Waals surface area contributed by atoms with Crippen LogP contribution in [0.3, 0.4) is 0 Å². The van der Waals surface area contributed by atoms with Crippen molar-refractivity contribution in [1.29, 1.82) is 0 Å². The van der Waals surface area contributed by atoms with Gasteiger partial charge < -0.3 is 14.5 Å². The molecule has 1 atom stereocenters. The molecule has 1 N–H and O–H groups in total. The first kappa shape index (κ1) is 16.3. The fourth-order valence-corrected chi connectivity index (χ4v) is 3.05. The third-order valence-corrected chi connectivity index (χ3v) is 4.28. The number of aryl methyl sites for hydroxylation is 1. The molecule has 3 aromatic rings. The lowest BCUT2D eigenvalue weighted by molar-refractivity contribution is 0.0905. The second-order valence-corrected chi connectivity index (χ2v) is 6.10. The molecule has 1 amide bonds. The van der Waals surface area contributed by atoms with Gasteiger partial charge in [0.05, 0.1) is 12.2 Å². The van der Waals surface area contributed by atoms with Gasteiger partial charge in [-0.25, -0.2) is 9.37 Å². The van der Waals surface area contributed by atoms with E-state index in [1.165, 1.54) is 18.5 Å². The second kappa shape index (κ2) is 6.59. The lowest BCUT2D eigenvalue weighted by Gasteiger charge is -2.13. The van der Waals surface area contributed by atoms with E-state index >= 15 is 0 Å². The fourth-order valence-electron chi connectivity index (χ4n) is 3.05. The minimum absolute atomic E-state index is 0.183. The maximum absolute atomic E-state index is 14.0. The van der Waals surface area contributed by atoms with E-state index in [1.54, 1.807) is 25.4 Å². The van der Waals surface area contributed by atoms with Gasteiger partial charge in [0.15, 0.2) is 6.39 Å². The van der Waals surface area contributed by atoms with Crippen LogP contribution < -0.4 is 10.1 Å². The quantitative estimate of drug-likeness (QED) is 0.780. The van der Waals surface area contributed by atoms with Crippen molar-refractivity contribution in [2.45, 2.75) is 19.4 Å². The third-order valence-electron chi connectivity index (χ3n) is 4.28. The zero-order chi connectivity index (χ0) is 18.1. The minimum Gasteiger partial charge on any atom is -0.487 e. The number of nitrogens with one attached hydrogen (secondary N) is 1. The van der Waals surface area contributed by atoms with Crippen molar-refractivity contribution < 1.29 is 18.3 Å². The first-order valence-electron chi connectivity index (χ1n) is 8.19. The number of amides is 1. The molecule has 1 aliphatic rings. The predicted molar refractivity (Wildman–Crippen MR) is 91.3 cm³/mol. The number of oxazole rings is 1. The number of carbonyl (C=O) groups excluding carboxylic acids is 1. The van der Waals surface area contributed by atoms with Gasteiger partial charge in [-0.1, -0.05) is 6.07 Å². The first-order valence-corrected chi connectivity index (χ1v) is 8.19. The molecule has 26 heavy (non-hydrogen) atoms. The highest BCUT2D eigenvalue weighted by atomic mass is 19.1. The molecule has 132 valence electrons. The molecule has 0 aliphatic carbocycles. The molecule has 0 spiro atoms. The average Bonchev–Trinajstić information content (AvgIpc) is 3.25. The summed E-state index contributed by atoms with van der Waals surface area (Å²) in [5, 5.41) is 2.77. The number of fused-ring (bicyclic) bond motifs is 1. The van der Waals surface area contributed by atoms with Crippen LogP contribution in [0.2, 0.25) is 0 Å². The highest BCUT2D eigenvalue weighted by Crippen LogP contribution is 2.39. The number of aromatic nitrogens is 2. The molecule has 1 aliphatic heterocycles. The molecule has 7 heteroatoms. The zero-order valence-electron chi connectivity index (χ0n) is 14.0. The summed E-state index contributed by atoms with van der Waals surface area (Å²) in [4.78, 5) is 20.1. The molecule has 0 unspecified atom stereocenters. The van der Waals surface area contributed by atoms with E-state index in [-0.39, 0.29) is 30.1 Å². The Hall–Kier alpha value is -3.22. The molecule has 0 radical (unpaired) electrons. The van der Waals surface area contributed by atoms with Crippen LogP contribution >= 0.6 is 0 Å². The van der Waals surface area contributed by atoms with Crippen LogP contribution in [0, 0.1) is 12.7 Å². The molecule has 3 heterocycles. The Labute approximate surface area is 149 Å². The Morgan fingerprint density at radius 3 is 3.04 bits per heavy atom. The molecule has 1 aromatic carbocycles. The summed E-state index contributed by atoms with van der Waals surface area (Å²) in [6, 6.07) is 6.55. The standard InChI is InChI=1S/C19H16FN3O3/c1-11-17(25-10-23-11)19(24)22-9-15-6-13-5-14(20)7-16(18(13)26-15)12-3-2-4-21-8-12/h2-5,7-8,10,15H,6,9H2,1H3,(H,22,24)/t15-/m0/s1. The summed E-state index contributed by atoms with van der Waals surface area (Å²) in [7, 11) is 0. The zero-order valence-corrected chi connectivity index (χ0v) is 14.0. The molecule has 0 saturated carbocycles. The van der Waals surface area contributed by atoms with Crippen LogP contribution in [-0.4, -0.2) is 28.5 Å². The Balaban J connectivity index is 1.51.